The van der Waals surface area contributed by atoms with Crippen LogP contribution in [0.15, 0.2) is 74.1 Å². The van der Waals surface area contributed by atoms with Crippen LogP contribution in [-0.4, -0.2) is 30.9 Å². The Morgan fingerprint density at radius 2 is 1.85 bits per heavy atom. The van der Waals surface area contributed by atoms with E-state index in [1.807, 2.05) is 18.2 Å². The van der Waals surface area contributed by atoms with Crippen molar-refractivity contribution in [3.05, 3.63) is 75.7 Å². The number of aromatic nitrogens is 4. The summed E-state index contributed by atoms with van der Waals surface area (Å²) >= 11 is 0. The fourth-order valence-corrected chi connectivity index (χ4v) is 3.96. The maximum atomic E-state index is 12.8. The van der Waals surface area contributed by atoms with Crippen LogP contribution in [-0.2, 0) is 10.8 Å². The maximum Gasteiger partial charge on any atom is 0.352 e. The van der Waals surface area contributed by atoms with Gasteiger partial charge < -0.3 is 4.74 Å². The zero-order valence-corrected chi connectivity index (χ0v) is 14.9. The first-order valence-electron chi connectivity index (χ1n) is 7.94. The van der Waals surface area contributed by atoms with Crippen molar-refractivity contribution in [3.8, 4) is 16.9 Å². The summed E-state index contributed by atoms with van der Waals surface area (Å²) in [4.78, 5) is 29.3. The van der Waals surface area contributed by atoms with Crippen molar-refractivity contribution in [2.24, 2.45) is 0 Å². The lowest BCUT2D eigenvalue weighted by Gasteiger charge is -2.10. The van der Waals surface area contributed by atoms with Gasteiger partial charge in [-0.15, -0.1) is 0 Å². The van der Waals surface area contributed by atoms with E-state index >= 15 is 0 Å². The minimum Gasteiger partial charge on any atom is -0.495 e. The molecule has 136 valence electrons. The molecule has 0 saturated carbocycles. The predicted molar refractivity (Wildman–Crippen MR) is 99.5 cm³/mol. The first-order valence-corrected chi connectivity index (χ1v) is 9.09. The number of nitrogens with one attached hydrogen (secondary N) is 2. The Balaban J connectivity index is 1.84. The van der Waals surface area contributed by atoms with Gasteiger partial charge in [0.05, 0.1) is 29.0 Å². The van der Waals surface area contributed by atoms with Gasteiger partial charge >= 0.3 is 11.4 Å². The number of ether oxygens (including phenoxy) is 1. The fraction of sp³-hybridized carbons (Fsp3) is 0.0556. The number of hydrogen-bond acceptors (Lipinski definition) is 5. The standard InChI is InChI=1S/C18H14N4O4S/c1-26-14-9-11(7-8-15(14)27(25)12-5-3-2-4-6-12)13-10-19-22-16(13)20-17(23)21-18(22)24/h2-10H,1H3,(H2,20,21,23,24). The van der Waals surface area contributed by atoms with Crippen LogP contribution >= 0.6 is 0 Å². The second-order valence-corrected chi connectivity index (χ2v) is 7.10. The molecule has 9 heteroatoms. The third-order valence-corrected chi connectivity index (χ3v) is 5.48. The first kappa shape index (κ1) is 17.0. The third-order valence-electron chi connectivity index (χ3n) is 4.05. The average molecular weight is 382 g/mol. The van der Waals surface area contributed by atoms with E-state index in [2.05, 4.69) is 15.1 Å². The molecule has 4 aromatic rings. The second-order valence-electron chi connectivity index (χ2n) is 5.65. The second kappa shape index (κ2) is 6.69. The number of fused-ring (bicyclic) bond motifs is 1. The Morgan fingerprint density at radius 1 is 1.07 bits per heavy atom. The molecule has 1 unspecified atom stereocenters. The molecule has 2 aromatic carbocycles. The Morgan fingerprint density at radius 3 is 2.59 bits per heavy atom. The fourth-order valence-electron chi connectivity index (χ4n) is 2.78. The van der Waals surface area contributed by atoms with Crippen LogP contribution in [0, 0.1) is 0 Å². The van der Waals surface area contributed by atoms with Crippen molar-refractivity contribution in [2.75, 3.05) is 7.11 Å². The van der Waals surface area contributed by atoms with E-state index < -0.39 is 22.2 Å². The molecule has 0 bridgehead atoms. The van der Waals surface area contributed by atoms with Crippen LogP contribution < -0.4 is 16.1 Å². The van der Waals surface area contributed by atoms with Crippen LogP contribution in [0.3, 0.4) is 0 Å². The van der Waals surface area contributed by atoms with Gasteiger partial charge in [0.25, 0.3) is 0 Å². The van der Waals surface area contributed by atoms with E-state index in [1.165, 1.54) is 13.3 Å². The van der Waals surface area contributed by atoms with Crippen LogP contribution in [0.5, 0.6) is 5.75 Å². The molecule has 2 N–H and O–H groups in total. The summed E-state index contributed by atoms with van der Waals surface area (Å²) in [7, 11) is 0.0872. The van der Waals surface area contributed by atoms with E-state index in [4.69, 9.17) is 4.74 Å². The van der Waals surface area contributed by atoms with Gasteiger partial charge in [-0.25, -0.2) is 13.8 Å². The summed E-state index contributed by atoms with van der Waals surface area (Å²) in [5, 5.41) is 4.00. The lowest BCUT2D eigenvalue weighted by atomic mass is 10.1. The Hall–Kier alpha value is -3.46. The lowest BCUT2D eigenvalue weighted by Crippen LogP contribution is -2.28. The number of nitrogens with zero attached hydrogens (tertiary/aromatic N) is 2. The highest BCUT2D eigenvalue weighted by Gasteiger charge is 2.16. The van der Waals surface area contributed by atoms with Crippen molar-refractivity contribution in [3.63, 3.8) is 0 Å². The average Bonchev–Trinajstić information content (AvgIpc) is 3.11. The number of H-pyrrole nitrogens is 2. The molecule has 0 amide bonds. The molecule has 0 radical (unpaired) electrons. The van der Waals surface area contributed by atoms with Gasteiger partial charge in [0.2, 0.25) is 0 Å². The molecule has 0 aliphatic carbocycles. The summed E-state index contributed by atoms with van der Waals surface area (Å²) < 4.78 is 19.3. The molecule has 2 aromatic heterocycles. The van der Waals surface area contributed by atoms with Gasteiger partial charge in [0.1, 0.15) is 5.75 Å². The third kappa shape index (κ3) is 2.97. The van der Waals surface area contributed by atoms with E-state index in [0.29, 0.717) is 26.7 Å². The zero-order valence-electron chi connectivity index (χ0n) is 14.1. The Labute approximate surface area is 154 Å². The van der Waals surface area contributed by atoms with Gasteiger partial charge in [-0.2, -0.15) is 9.61 Å². The highest BCUT2D eigenvalue weighted by atomic mass is 32.2. The molecule has 0 aliphatic rings. The number of methoxy groups -OCH3 is 1. The quantitative estimate of drug-likeness (QED) is 0.557. The normalized spacial score (nSPS) is 12.2. The van der Waals surface area contributed by atoms with E-state index in [-0.39, 0.29) is 5.65 Å². The first-order chi connectivity index (χ1) is 13.1. The summed E-state index contributed by atoms with van der Waals surface area (Å²) in [6.45, 7) is 0. The number of rotatable bonds is 4. The lowest BCUT2D eigenvalue weighted by molar-refractivity contribution is 0.404. The molecular formula is C18H14N4O4S. The highest BCUT2D eigenvalue weighted by Crippen LogP contribution is 2.32. The molecule has 2 heterocycles. The van der Waals surface area contributed by atoms with Gasteiger partial charge in [-0.3, -0.25) is 9.97 Å². The van der Waals surface area contributed by atoms with E-state index in [0.717, 1.165) is 4.52 Å². The molecule has 0 aliphatic heterocycles. The molecular weight excluding hydrogens is 368 g/mol. The van der Waals surface area contributed by atoms with Crippen molar-refractivity contribution in [1.82, 2.24) is 19.6 Å². The zero-order chi connectivity index (χ0) is 19.0. The molecule has 1 atom stereocenters. The Kier molecular flexibility index (Phi) is 4.21. The SMILES string of the molecule is COc1cc(-c2cnn3c(=O)[nH]c(=O)[nH]c23)ccc1S(=O)c1ccccc1. The minimum absolute atomic E-state index is 0.266. The summed E-state index contributed by atoms with van der Waals surface area (Å²) in [5.74, 6) is 0.432. The van der Waals surface area contributed by atoms with Crippen molar-refractivity contribution in [1.29, 1.82) is 0 Å². The van der Waals surface area contributed by atoms with Gasteiger partial charge in [0, 0.05) is 10.5 Å². The number of benzene rings is 2. The Bertz CT molecular complexity index is 1270. The molecule has 0 fully saturated rings. The predicted octanol–water partition coefficient (Wildman–Crippen LogP) is 1.55. The molecule has 8 nitrogen and oxygen atoms in total. The molecule has 0 spiro atoms. The van der Waals surface area contributed by atoms with Crippen LogP contribution in [0.2, 0.25) is 0 Å². The molecule has 27 heavy (non-hydrogen) atoms. The van der Waals surface area contributed by atoms with Crippen molar-refractivity contribution in [2.45, 2.75) is 9.79 Å². The summed E-state index contributed by atoms with van der Waals surface area (Å²) in [5.41, 5.74) is 0.227. The minimum atomic E-state index is -1.41. The van der Waals surface area contributed by atoms with E-state index in [1.54, 1.807) is 30.3 Å². The smallest absolute Gasteiger partial charge is 0.352 e. The summed E-state index contributed by atoms with van der Waals surface area (Å²) in [6, 6.07) is 14.2. The van der Waals surface area contributed by atoms with E-state index in [9.17, 15) is 13.8 Å². The topological polar surface area (TPSA) is 109 Å². The monoisotopic (exact) mass is 382 g/mol. The number of aromatic amines is 2. The summed E-state index contributed by atoms with van der Waals surface area (Å²) in [6.07, 6.45) is 1.48. The van der Waals surface area contributed by atoms with Crippen LogP contribution in [0.25, 0.3) is 16.8 Å². The largest absolute Gasteiger partial charge is 0.495 e. The van der Waals surface area contributed by atoms with Crippen LogP contribution in [0.1, 0.15) is 0 Å². The van der Waals surface area contributed by atoms with Gasteiger partial charge in [-0.05, 0) is 29.8 Å². The molecule has 0 saturated heterocycles. The van der Waals surface area contributed by atoms with Gasteiger partial charge in [-0.1, -0.05) is 24.3 Å². The number of hydrogen-bond donors (Lipinski definition) is 2. The van der Waals surface area contributed by atoms with Gasteiger partial charge in [0.15, 0.2) is 5.65 Å². The van der Waals surface area contributed by atoms with Crippen LogP contribution in [0.4, 0.5) is 0 Å². The van der Waals surface area contributed by atoms with Crippen molar-refractivity contribution < 1.29 is 8.95 Å². The van der Waals surface area contributed by atoms with Crippen molar-refractivity contribution >= 4 is 16.4 Å². The molecule has 4 rings (SSSR count). The maximum absolute atomic E-state index is 12.8. The highest BCUT2D eigenvalue weighted by molar-refractivity contribution is 7.85.